The molecule has 0 spiro atoms. The number of fused-ring (bicyclic) bond motifs is 1. The van der Waals surface area contributed by atoms with Gasteiger partial charge in [-0.1, -0.05) is 20.8 Å². The zero-order chi connectivity index (χ0) is 13.5. The van der Waals surface area contributed by atoms with Crippen LogP contribution < -0.4 is 5.73 Å². The summed E-state index contributed by atoms with van der Waals surface area (Å²) in [5.74, 6) is -0.143. The van der Waals surface area contributed by atoms with E-state index in [0.717, 1.165) is 37.2 Å². The first-order valence-electron chi connectivity index (χ1n) is 6.38. The van der Waals surface area contributed by atoms with Gasteiger partial charge in [-0.3, -0.25) is 0 Å². The fourth-order valence-corrected chi connectivity index (χ4v) is 2.53. The zero-order valence-electron chi connectivity index (χ0n) is 11.2. The maximum absolute atomic E-state index is 11.2. The summed E-state index contributed by atoms with van der Waals surface area (Å²) in [5, 5.41) is 9.22. The van der Waals surface area contributed by atoms with Gasteiger partial charge in [0, 0.05) is 6.42 Å². The van der Waals surface area contributed by atoms with E-state index in [9.17, 15) is 9.90 Å². The standard InChI is InChI=1S/C13H21N3O2/c1-13(2,3)7-10-15-11(12(17)18)8-5-4-6-9(14)16(8)10/h9H,4-7,14H2,1-3H3,(H,17,18). The summed E-state index contributed by atoms with van der Waals surface area (Å²) in [4.78, 5) is 15.6. The van der Waals surface area contributed by atoms with Crippen LogP contribution in [0.5, 0.6) is 0 Å². The second-order valence-electron chi connectivity index (χ2n) is 6.20. The van der Waals surface area contributed by atoms with Crippen molar-refractivity contribution >= 4 is 5.97 Å². The van der Waals surface area contributed by atoms with E-state index in [2.05, 4.69) is 25.8 Å². The van der Waals surface area contributed by atoms with Crippen LogP contribution in [0.3, 0.4) is 0 Å². The third kappa shape index (κ3) is 2.41. The Labute approximate surface area is 107 Å². The molecule has 2 heterocycles. The lowest BCUT2D eigenvalue weighted by molar-refractivity contribution is 0.0689. The van der Waals surface area contributed by atoms with Gasteiger partial charge < -0.3 is 15.4 Å². The van der Waals surface area contributed by atoms with Gasteiger partial charge in [0.25, 0.3) is 0 Å². The van der Waals surface area contributed by atoms with E-state index >= 15 is 0 Å². The largest absolute Gasteiger partial charge is 0.476 e. The highest BCUT2D eigenvalue weighted by Gasteiger charge is 2.29. The van der Waals surface area contributed by atoms with Crippen molar-refractivity contribution in [3.63, 3.8) is 0 Å². The molecule has 0 amide bonds. The maximum atomic E-state index is 11.2. The van der Waals surface area contributed by atoms with Gasteiger partial charge in [-0.15, -0.1) is 0 Å². The maximum Gasteiger partial charge on any atom is 0.356 e. The molecule has 1 aliphatic rings. The first-order valence-corrected chi connectivity index (χ1v) is 6.38. The van der Waals surface area contributed by atoms with Crippen LogP contribution in [0.1, 0.15) is 61.8 Å². The molecule has 1 atom stereocenters. The van der Waals surface area contributed by atoms with Crippen LogP contribution in [0, 0.1) is 5.41 Å². The van der Waals surface area contributed by atoms with Crippen molar-refractivity contribution in [2.24, 2.45) is 11.1 Å². The van der Waals surface area contributed by atoms with E-state index in [1.165, 1.54) is 0 Å². The number of aromatic nitrogens is 2. The van der Waals surface area contributed by atoms with Crippen LogP contribution in [-0.2, 0) is 12.8 Å². The molecule has 100 valence electrons. The van der Waals surface area contributed by atoms with Crippen LogP contribution in [0.25, 0.3) is 0 Å². The Bertz CT molecular complexity index is 471. The van der Waals surface area contributed by atoms with E-state index in [0.29, 0.717) is 0 Å². The summed E-state index contributed by atoms with van der Waals surface area (Å²) in [6, 6.07) is 0. The van der Waals surface area contributed by atoms with Gasteiger partial charge >= 0.3 is 5.97 Å². The van der Waals surface area contributed by atoms with Crippen molar-refractivity contribution in [3.8, 4) is 0 Å². The Morgan fingerprint density at radius 3 is 2.78 bits per heavy atom. The quantitative estimate of drug-likeness (QED) is 0.842. The summed E-state index contributed by atoms with van der Waals surface area (Å²) < 4.78 is 1.94. The minimum Gasteiger partial charge on any atom is -0.476 e. The van der Waals surface area contributed by atoms with Crippen molar-refractivity contribution in [1.82, 2.24) is 9.55 Å². The molecule has 0 radical (unpaired) electrons. The first kappa shape index (κ1) is 13.1. The van der Waals surface area contributed by atoms with Crippen molar-refractivity contribution in [1.29, 1.82) is 0 Å². The van der Waals surface area contributed by atoms with Crippen LogP contribution in [0.2, 0.25) is 0 Å². The molecule has 5 heteroatoms. The lowest BCUT2D eigenvalue weighted by Gasteiger charge is -2.26. The summed E-state index contributed by atoms with van der Waals surface area (Å²) >= 11 is 0. The molecular weight excluding hydrogens is 230 g/mol. The second kappa shape index (κ2) is 4.39. The Hall–Kier alpha value is -1.36. The van der Waals surface area contributed by atoms with E-state index in [4.69, 9.17) is 5.73 Å². The third-order valence-electron chi connectivity index (χ3n) is 3.22. The normalized spacial score (nSPS) is 19.7. The van der Waals surface area contributed by atoms with Gasteiger partial charge in [-0.2, -0.15) is 0 Å². The molecule has 1 aromatic rings. The van der Waals surface area contributed by atoms with E-state index in [1.807, 2.05) is 4.57 Å². The van der Waals surface area contributed by atoms with Crippen molar-refractivity contribution in [2.75, 3.05) is 0 Å². The number of nitrogens with zero attached hydrogens (tertiary/aromatic N) is 2. The minimum atomic E-state index is -0.951. The predicted molar refractivity (Wildman–Crippen MR) is 68.5 cm³/mol. The van der Waals surface area contributed by atoms with Crippen LogP contribution in [0.15, 0.2) is 0 Å². The van der Waals surface area contributed by atoms with Crippen LogP contribution >= 0.6 is 0 Å². The molecule has 3 N–H and O–H groups in total. The number of carboxylic acid groups (broad SMARTS) is 1. The van der Waals surface area contributed by atoms with E-state index in [1.54, 1.807) is 0 Å². The summed E-state index contributed by atoms with van der Waals surface area (Å²) in [5.41, 5.74) is 7.15. The number of nitrogens with two attached hydrogens (primary N) is 1. The highest BCUT2D eigenvalue weighted by atomic mass is 16.4. The SMILES string of the molecule is CC(C)(C)Cc1nc(C(=O)O)c2n1C(N)CCC2. The number of carbonyl (C=O) groups is 1. The minimum absolute atomic E-state index is 0.0645. The highest BCUT2D eigenvalue weighted by molar-refractivity contribution is 5.87. The van der Waals surface area contributed by atoms with E-state index < -0.39 is 5.97 Å². The molecule has 1 aliphatic heterocycles. The molecular formula is C13H21N3O2. The Balaban J connectivity index is 2.50. The number of carboxylic acids is 1. The number of rotatable bonds is 2. The lowest BCUT2D eigenvalue weighted by Crippen LogP contribution is -2.28. The molecule has 0 saturated carbocycles. The average molecular weight is 251 g/mol. The molecule has 18 heavy (non-hydrogen) atoms. The molecule has 0 saturated heterocycles. The molecule has 5 nitrogen and oxygen atoms in total. The monoisotopic (exact) mass is 251 g/mol. The Kier molecular flexibility index (Phi) is 3.19. The average Bonchev–Trinajstić information content (AvgIpc) is 2.56. The van der Waals surface area contributed by atoms with Crippen molar-refractivity contribution in [3.05, 3.63) is 17.2 Å². The zero-order valence-corrected chi connectivity index (χ0v) is 11.2. The molecule has 0 bridgehead atoms. The van der Waals surface area contributed by atoms with Gasteiger partial charge in [0.2, 0.25) is 0 Å². The van der Waals surface area contributed by atoms with Crippen LogP contribution in [0.4, 0.5) is 0 Å². The van der Waals surface area contributed by atoms with Gasteiger partial charge in [-0.05, 0) is 24.7 Å². The van der Waals surface area contributed by atoms with Gasteiger partial charge in [0.05, 0.1) is 11.9 Å². The number of hydrogen-bond acceptors (Lipinski definition) is 3. The molecule has 0 aliphatic carbocycles. The van der Waals surface area contributed by atoms with Crippen LogP contribution in [-0.4, -0.2) is 20.6 Å². The Morgan fingerprint density at radius 2 is 2.22 bits per heavy atom. The first-order chi connectivity index (χ1) is 8.29. The van der Waals surface area contributed by atoms with Crippen molar-refractivity contribution < 1.29 is 9.90 Å². The number of hydrogen-bond donors (Lipinski definition) is 2. The van der Waals surface area contributed by atoms with Gasteiger partial charge in [0.1, 0.15) is 5.82 Å². The summed E-state index contributed by atoms with van der Waals surface area (Å²) in [7, 11) is 0. The predicted octanol–water partition coefficient (Wildman–Crippen LogP) is 1.96. The highest BCUT2D eigenvalue weighted by Crippen LogP contribution is 2.29. The summed E-state index contributed by atoms with van der Waals surface area (Å²) in [6.45, 7) is 6.34. The second-order valence-corrected chi connectivity index (χ2v) is 6.20. The van der Waals surface area contributed by atoms with Gasteiger partial charge in [0.15, 0.2) is 5.69 Å². The fourth-order valence-electron chi connectivity index (χ4n) is 2.53. The molecule has 1 unspecified atom stereocenters. The molecule has 1 aromatic heterocycles. The Morgan fingerprint density at radius 1 is 1.56 bits per heavy atom. The topological polar surface area (TPSA) is 81.1 Å². The molecule has 2 rings (SSSR count). The molecule has 0 aromatic carbocycles. The smallest absolute Gasteiger partial charge is 0.356 e. The number of imidazole rings is 1. The lowest BCUT2D eigenvalue weighted by atomic mass is 9.92. The summed E-state index contributed by atoms with van der Waals surface area (Å²) in [6.07, 6.45) is 3.18. The van der Waals surface area contributed by atoms with E-state index in [-0.39, 0.29) is 17.3 Å². The molecule has 0 fully saturated rings. The third-order valence-corrected chi connectivity index (χ3v) is 3.22. The van der Waals surface area contributed by atoms with Crippen molar-refractivity contribution in [2.45, 2.75) is 52.6 Å². The van der Waals surface area contributed by atoms with Gasteiger partial charge in [-0.25, -0.2) is 9.78 Å². The fraction of sp³-hybridized carbons (Fsp3) is 0.692. The number of aromatic carboxylic acids is 1.